The molecule has 0 saturated carbocycles. The van der Waals surface area contributed by atoms with Gasteiger partial charge in [0.05, 0.1) is 0 Å². The van der Waals surface area contributed by atoms with Gasteiger partial charge in [0, 0.05) is 11.5 Å². The van der Waals surface area contributed by atoms with Crippen LogP contribution in [0.2, 0.25) is 0 Å². The average molecular weight is 256 g/mol. The van der Waals surface area contributed by atoms with Crippen molar-refractivity contribution in [1.29, 1.82) is 0 Å². The summed E-state index contributed by atoms with van der Waals surface area (Å²) in [5, 5.41) is 0. The van der Waals surface area contributed by atoms with Crippen LogP contribution in [0, 0.1) is 17.8 Å². The second-order valence-corrected chi connectivity index (χ2v) is 4.84. The van der Waals surface area contributed by atoms with Crippen LogP contribution in [0.1, 0.15) is 17.5 Å². The van der Waals surface area contributed by atoms with Gasteiger partial charge in [-0.3, -0.25) is 0 Å². The molecule has 1 aliphatic carbocycles. The summed E-state index contributed by atoms with van der Waals surface area (Å²) in [6.07, 6.45) is 7.49. The van der Waals surface area contributed by atoms with E-state index in [1.165, 1.54) is 11.1 Å². The van der Waals surface area contributed by atoms with Gasteiger partial charge in [-0.15, -0.1) is 0 Å². The van der Waals surface area contributed by atoms with Gasteiger partial charge in [-0.2, -0.15) is 0 Å². The summed E-state index contributed by atoms with van der Waals surface area (Å²) in [6.45, 7) is 0. The standard InChI is InChI=1S/C20H16/c1-3-9-17(10-4-1)15-16-19-13-7-8-14-20(19)18-11-5-2-6-12-18/h1-12,14,19H,13H2. The molecular formula is C20H16. The first kappa shape index (κ1) is 12.5. The Labute approximate surface area is 120 Å². The second kappa shape index (κ2) is 6.08. The van der Waals surface area contributed by atoms with Crippen molar-refractivity contribution in [3.05, 3.63) is 90.0 Å². The van der Waals surface area contributed by atoms with E-state index in [1.807, 2.05) is 24.3 Å². The molecule has 96 valence electrons. The highest BCUT2D eigenvalue weighted by Crippen LogP contribution is 2.29. The van der Waals surface area contributed by atoms with Crippen molar-refractivity contribution in [2.45, 2.75) is 6.42 Å². The molecule has 2 aromatic carbocycles. The van der Waals surface area contributed by atoms with Crippen LogP contribution in [0.3, 0.4) is 0 Å². The minimum absolute atomic E-state index is 0.280. The molecule has 0 nitrogen and oxygen atoms in total. The van der Waals surface area contributed by atoms with Crippen LogP contribution in [0.15, 0.2) is 78.9 Å². The van der Waals surface area contributed by atoms with E-state index < -0.39 is 0 Å². The van der Waals surface area contributed by atoms with E-state index in [0.29, 0.717) is 0 Å². The molecule has 0 bridgehead atoms. The van der Waals surface area contributed by atoms with Crippen LogP contribution in [0.4, 0.5) is 0 Å². The normalized spacial score (nSPS) is 17.0. The molecule has 0 heteroatoms. The molecule has 2 aromatic rings. The molecular weight excluding hydrogens is 240 g/mol. The van der Waals surface area contributed by atoms with Crippen LogP contribution in [0.5, 0.6) is 0 Å². The third-order valence-electron chi connectivity index (χ3n) is 3.43. The number of hydrogen-bond acceptors (Lipinski definition) is 0. The molecule has 0 N–H and O–H groups in total. The summed E-state index contributed by atoms with van der Waals surface area (Å²) in [6, 6.07) is 20.7. The molecule has 0 aromatic heterocycles. The number of rotatable bonds is 1. The fourth-order valence-corrected chi connectivity index (χ4v) is 2.39. The SMILES string of the molecule is C(#CC1CC=CC=C1c1ccccc1)c1ccccc1. The van der Waals surface area contributed by atoms with Crippen LogP contribution in [-0.2, 0) is 0 Å². The van der Waals surface area contributed by atoms with E-state index in [2.05, 4.69) is 66.5 Å². The minimum Gasteiger partial charge on any atom is -0.0893 e. The topological polar surface area (TPSA) is 0 Å². The Bertz CT molecular complexity index is 679. The maximum atomic E-state index is 3.42. The average Bonchev–Trinajstić information content (AvgIpc) is 2.55. The molecule has 0 aliphatic heterocycles. The van der Waals surface area contributed by atoms with Crippen molar-refractivity contribution >= 4 is 5.57 Å². The van der Waals surface area contributed by atoms with Crippen LogP contribution < -0.4 is 0 Å². The van der Waals surface area contributed by atoms with Gasteiger partial charge in [0.1, 0.15) is 0 Å². The lowest BCUT2D eigenvalue weighted by atomic mass is 9.87. The third-order valence-corrected chi connectivity index (χ3v) is 3.43. The quantitative estimate of drug-likeness (QED) is 0.649. The summed E-state index contributed by atoms with van der Waals surface area (Å²) in [5.41, 5.74) is 3.66. The van der Waals surface area contributed by atoms with Crippen LogP contribution >= 0.6 is 0 Å². The molecule has 0 heterocycles. The van der Waals surface area contributed by atoms with E-state index in [1.54, 1.807) is 0 Å². The fourth-order valence-electron chi connectivity index (χ4n) is 2.39. The highest BCUT2D eigenvalue weighted by atomic mass is 14.2. The van der Waals surface area contributed by atoms with Crippen LogP contribution in [0.25, 0.3) is 5.57 Å². The molecule has 0 amide bonds. The molecule has 1 unspecified atom stereocenters. The maximum absolute atomic E-state index is 3.42. The Morgan fingerprint density at radius 2 is 1.55 bits per heavy atom. The number of benzene rings is 2. The van der Waals surface area contributed by atoms with E-state index in [9.17, 15) is 0 Å². The summed E-state index contributed by atoms with van der Waals surface area (Å²) in [5.74, 6) is 6.99. The summed E-state index contributed by atoms with van der Waals surface area (Å²) < 4.78 is 0. The van der Waals surface area contributed by atoms with Gasteiger partial charge in [0.2, 0.25) is 0 Å². The fraction of sp³-hybridized carbons (Fsp3) is 0.100. The maximum Gasteiger partial charge on any atom is 0.0496 e. The van der Waals surface area contributed by atoms with Gasteiger partial charge in [-0.1, -0.05) is 78.6 Å². The van der Waals surface area contributed by atoms with Gasteiger partial charge in [0.25, 0.3) is 0 Å². The summed E-state index contributed by atoms with van der Waals surface area (Å²) in [7, 11) is 0. The Morgan fingerprint density at radius 1 is 0.850 bits per heavy atom. The predicted octanol–water partition coefficient (Wildman–Crippen LogP) is 4.70. The summed E-state index contributed by atoms with van der Waals surface area (Å²) in [4.78, 5) is 0. The van der Waals surface area contributed by atoms with E-state index in [4.69, 9.17) is 0 Å². The Hall–Kier alpha value is -2.52. The van der Waals surface area contributed by atoms with E-state index in [0.717, 1.165) is 12.0 Å². The van der Waals surface area contributed by atoms with Gasteiger partial charge in [-0.05, 0) is 29.7 Å². The summed E-state index contributed by atoms with van der Waals surface area (Å²) >= 11 is 0. The molecule has 20 heavy (non-hydrogen) atoms. The number of allylic oxidation sites excluding steroid dienone is 4. The largest absolute Gasteiger partial charge is 0.0893 e. The van der Waals surface area contributed by atoms with E-state index in [-0.39, 0.29) is 5.92 Å². The smallest absolute Gasteiger partial charge is 0.0496 e. The van der Waals surface area contributed by atoms with Crippen molar-refractivity contribution in [2.24, 2.45) is 5.92 Å². The molecule has 0 radical (unpaired) electrons. The van der Waals surface area contributed by atoms with Gasteiger partial charge >= 0.3 is 0 Å². The zero-order chi connectivity index (χ0) is 13.6. The van der Waals surface area contributed by atoms with Gasteiger partial charge < -0.3 is 0 Å². The monoisotopic (exact) mass is 256 g/mol. The lowest BCUT2D eigenvalue weighted by Crippen LogP contribution is -2.02. The first-order valence-electron chi connectivity index (χ1n) is 6.92. The predicted molar refractivity (Wildman–Crippen MR) is 85.0 cm³/mol. The van der Waals surface area contributed by atoms with Crippen molar-refractivity contribution in [3.8, 4) is 11.8 Å². The molecule has 0 spiro atoms. The molecule has 0 fully saturated rings. The number of hydrogen-bond donors (Lipinski definition) is 0. The lowest BCUT2D eigenvalue weighted by Gasteiger charge is -2.16. The zero-order valence-corrected chi connectivity index (χ0v) is 11.3. The first-order chi connectivity index (χ1) is 9.93. The third kappa shape index (κ3) is 2.90. The molecule has 0 saturated heterocycles. The van der Waals surface area contributed by atoms with Crippen molar-refractivity contribution in [1.82, 2.24) is 0 Å². The molecule has 1 aliphatic rings. The van der Waals surface area contributed by atoms with Gasteiger partial charge in [-0.25, -0.2) is 0 Å². The minimum atomic E-state index is 0.280. The van der Waals surface area contributed by atoms with Gasteiger partial charge in [0.15, 0.2) is 0 Å². The molecule has 1 atom stereocenters. The van der Waals surface area contributed by atoms with Crippen molar-refractivity contribution < 1.29 is 0 Å². The Kier molecular flexibility index (Phi) is 3.80. The highest BCUT2D eigenvalue weighted by molar-refractivity contribution is 5.72. The Morgan fingerprint density at radius 3 is 2.30 bits per heavy atom. The van der Waals surface area contributed by atoms with Crippen molar-refractivity contribution in [2.75, 3.05) is 0 Å². The second-order valence-electron chi connectivity index (χ2n) is 4.84. The zero-order valence-electron chi connectivity index (χ0n) is 11.3. The highest BCUT2D eigenvalue weighted by Gasteiger charge is 2.14. The molecule has 3 rings (SSSR count). The van der Waals surface area contributed by atoms with E-state index >= 15 is 0 Å². The van der Waals surface area contributed by atoms with Crippen molar-refractivity contribution in [3.63, 3.8) is 0 Å². The van der Waals surface area contributed by atoms with Crippen LogP contribution in [-0.4, -0.2) is 0 Å². The first-order valence-corrected chi connectivity index (χ1v) is 6.92. The Balaban J connectivity index is 1.88. The lowest BCUT2D eigenvalue weighted by molar-refractivity contribution is 0.874.